The monoisotopic (exact) mass is 196 g/mol. The van der Waals surface area contributed by atoms with E-state index in [9.17, 15) is 4.79 Å². The van der Waals surface area contributed by atoms with Gasteiger partial charge in [-0.2, -0.15) is 5.10 Å². The van der Waals surface area contributed by atoms with E-state index in [2.05, 4.69) is 29.4 Å². The van der Waals surface area contributed by atoms with Crippen molar-refractivity contribution in [3.8, 4) is 0 Å². The summed E-state index contributed by atoms with van der Waals surface area (Å²) in [5, 5.41) is 9.58. The summed E-state index contributed by atoms with van der Waals surface area (Å²) >= 11 is 0. The lowest BCUT2D eigenvalue weighted by atomic mass is 9.92. The first-order valence-electron chi connectivity index (χ1n) is 5.03. The average Bonchev–Trinajstić information content (AvgIpc) is 2.56. The first-order chi connectivity index (χ1) is 6.68. The lowest BCUT2D eigenvalue weighted by Crippen LogP contribution is -2.45. The topological polar surface area (TPSA) is 62.7 Å². The lowest BCUT2D eigenvalue weighted by Gasteiger charge is -2.33. The summed E-state index contributed by atoms with van der Waals surface area (Å²) < 4.78 is 1.69. The average molecular weight is 196 g/mol. The van der Waals surface area contributed by atoms with E-state index in [1.54, 1.807) is 10.9 Å². The van der Waals surface area contributed by atoms with Crippen molar-refractivity contribution in [2.24, 2.45) is 5.92 Å². The second-order valence-electron chi connectivity index (χ2n) is 4.17. The zero-order valence-electron chi connectivity index (χ0n) is 8.53. The first kappa shape index (κ1) is 9.45. The van der Waals surface area contributed by atoms with Crippen LogP contribution in [-0.4, -0.2) is 27.4 Å². The van der Waals surface area contributed by atoms with Crippen LogP contribution in [0.2, 0.25) is 0 Å². The van der Waals surface area contributed by atoms with Crippen molar-refractivity contribution in [2.75, 3.05) is 6.54 Å². The van der Waals surface area contributed by atoms with E-state index < -0.39 is 0 Å². The van der Waals surface area contributed by atoms with Gasteiger partial charge in [0.1, 0.15) is 6.33 Å². The minimum absolute atomic E-state index is 0.113. The van der Waals surface area contributed by atoms with Crippen molar-refractivity contribution in [1.29, 1.82) is 0 Å². The number of hydrogen-bond donors (Lipinski definition) is 2. The van der Waals surface area contributed by atoms with Gasteiger partial charge in [-0.05, 0) is 25.8 Å². The number of aromatic nitrogens is 3. The number of nitrogens with one attached hydrogen (secondary N) is 2. The van der Waals surface area contributed by atoms with Crippen molar-refractivity contribution < 1.29 is 0 Å². The van der Waals surface area contributed by atoms with Crippen LogP contribution < -0.4 is 11.0 Å². The Morgan fingerprint density at radius 1 is 1.57 bits per heavy atom. The van der Waals surface area contributed by atoms with E-state index in [-0.39, 0.29) is 11.7 Å². The van der Waals surface area contributed by atoms with Crippen molar-refractivity contribution in [3.05, 3.63) is 16.8 Å². The molecule has 14 heavy (non-hydrogen) atoms. The molecular weight excluding hydrogens is 180 g/mol. The molecule has 0 spiro atoms. The molecule has 2 heterocycles. The molecule has 0 aliphatic carbocycles. The van der Waals surface area contributed by atoms with E-state index >= 15 is 0 Å². The molecule has 1 aliphatic heterocycles. The first-order valence-corrected chi connectivity index (χ1v) is 5.03. The van der Waals surface area contributed by atoms with E-state index in [4.69, 9.17) is 0 Å². The third kappa shape index (κ3) is 1.59. The van der Waals surface area contributed by atoms with Gasteiger partial charge in [0.2, 0.25) is 0 Å². The quantitative estimate of drug-likeness (QED) is 0.671. The van der Waals surface area contributed by atoms with E-state index in [0.717, 1.165) is 13.0 Å². The SMILES string of the molecule is CC1CNC(C)C(n2cn[nH]c2=O)C1. The molecule has 0 aromatic carbocycles. The van der Waals surface area contributed by atoms with Gasteiger partial charge >= 0.3 is 5.69 Å². The highest BCUT2D eigenvalue weighted by molar-refractivity contribution is 4.87. The Morgan fingerprint density at radius 3 is 3.00 bits per heavy atom. The molecule has 3 atom stereocenters. The molecule has 2 rings (SSSR count). The fraction of sp³-hybridized carbons (Fsp3) is 0.778. The summed E-state index contributed by atoms with van der Waals surface area (Å²) in [4.78, 5) is 11.4. The zero-order valence-corrected chi connectivity index (χ0v) is 8.53. The highest BCUT2D eigenvalue weighted by atomic mass is 16.1. The summed E-state index contributed by atoms with van der Waals surface area (Å²) in [5.74, 6) is 0.609. The predicted octanol–water partition coefficient (Wildman–Crippen LogP) is 0.130. The molecule has 0 amide bonds. The highest BCUT2D eigenvalue weighted by Crippen LogP contribution is 2.23. The Morgan fingerprint density at radius 2 is 2.36 bits per heavy atom. The summed E-state index contributed by atoms with van der Waals surface area (Å²) in [7, 11) is 0. The number of H-pyrrole nitrogens is 1. The van der Waals surface area contributed by atoms with Crippen LogP contribution in [0.5, 0.6) is 0 Å². The molecule has 0 bridgehead atoms. The number of aromatic amines is 1. The Bertz CT molecular complexity index is 356. The van der Waals surface area contributed by atoms with Crippen molar-refractivity contribution >= 4 is 0 Å². The van der Waals surface area contributed by atoms with Crippen LogP contribution in [0.3, 0.4) is 0 Å². The smallest absolute Gasteiger partial charge is 0.312 e. The van der Waals surface area contributed by atoms with Crippen molar-refractivity contribution in [1.82, 2.24) is 20.1 Å². The second-order valence-corrected chi connectivity index (χ2v) is 4.17. The molecule has 1 saturated heterocycles. The van der Waals surface area contributed by atoms with Crippen molar-refractivity contribution in [2.45, 2.75) is 32.4 Å². The molecule has 1 fully saturated rings. The van der Waals surface area contributed by atoms with E-state index in [0.29, 0.717) is 12.0 Å². The fourth-order valence-corrected chi connectivity index (χ4v) is 2.07. The maximum Gasteiger partial charge on any atom is 0.343 e. The normalized spacial score (nSPS) is 33.1. The fourth-order valence-electron chi connectivity index (χ4n) is 2.07. The predicted molar refractivity (Wildman–Crippen MR) is 53.1 cm³/mol. The van der Waals surface area contributed by atoms with Gasteiger partial charge in [0.15, 0.2) is 0 Å². The van der Waals surface area contributed by atoms with Crippen molar-refractivity contribution in [3.63, 3.8) is 0 Å². The zero-order chi connectivity index (χ0) is 10.1. The van der Waals surface area contributed by atoms with Gasteiger partial charge in [-0.25, -0.2) is 9.89 Å². The second kappa shape index (κ2) is 3.57. The van der Waals surface area contributed by atoms with Gasteiger partial charge in [-0.1, -0.05) is 6.92 Å². The molecule has 3 unspecified atom stereocenters. The van der Waals surface area contributed by atoms with Crippen LogP contribution in [0.15, 0.2) is 11.1 Å². The summed E-state index contributed by atoms with van der Waals surface area (Å²) in [5.41, 5.74) is -0.113. The number of rotatable bonds is 1. The third-order valence-electron chi connectivity index (χ3n) is 2.94. The number of nitrogens with zero attached hydrogens (tertiary/aromatic N) is 2. The van der Waals surface area contributed by atoms with Gasteiger partial charge in [0.05, 0.1) is 6.04 Å². The summed E-state index contributed by atoms with van der Waals surface area (Å²) in [6.07, 6.45) is 2.62. The largest absolute Gasteiger partial charge is 0.343 e. The van der Waals surface area contributed by atoms with E-state index in [1.165, 1.54) is 0 Å². The highest BCUT2D eigenvalue weighted by Gasteiger charge is 2.27. The van der Waals surface area contributed by atoms with Crippen LogP contribution in [0.1, 0.15) is 26.3 Å². The number of piperidine rings is 1. The Labute approximate surface area is 82.5 Å². The van der Waals surface area contributed by atoms with E-state index in [1.807, 2.05) is 0 Å². The minimum atomic E-state index is -0.113. The lowest BCUT2D eigenvalue weighted by molar-refractivity contribution is 0.238. The third-order valence-corrected chi connectivity index (χ3v) is 2.94. The summed E-state index contributed by atoms with van der Waals surface area (Å²) in [6.45, 7) is 5.33. The van der Waals surface area contributed by atoms with Crippen LogP contribution in [0, 0.1) is 5.92 Å². The minimum Gasteiger partial charge on any atom is -0.312 e. The van der Waals surface area contributed by atoms with Crippen LogP contribution in [-0.2, 0) is 0 Å². The molecule has 1 aromatic rings. The molecule has 5 heteroatoms. The standard InChI is InChI=1S/C9H16N4O/c1-6-3-8(7(2)10-4-6)13-5-11-12-9(13)14/h5-8,10H,3-4H2,1-2H3,(H,12,14). The maximum atomic E-state index is 11.4. The van der Waals surface area contributed by atoms with Gasteiger partial charge in [-0.15, -0.1) is 0 Å². The van der Waals surface area contributed by atoms with Gasteiger partial charge in [0.25, 0.3) is 0 Å². The van der Waals surface area contributed by atoms with Crippen LogP contribution in [0.4, 0.5) is 0 Å². The molecule has 1 aliphatic rings. The Hall–Kier alpha value is -1.10. The molecule has 2 N–H and O–H groups in total. The van der Waals surface area contributed by atoms with Crippen LogP contribution >= 0.6 is 0 Å². The molecule has 78 valence electrons. The van der Waals surface area contributed by atoms with Gasteiger partial charge in [-0.3, -0.25) is 4.57 Å². The Kier molecular flexibility index (Phi) is 2.41. The Balaban J connectivity index is 2.24. The maximum absolute atomic E-state index is 11.4. The number of hydrogen-bond acceptors (Lipinski definition) is 3. The van der Waals surface area contributed by atoms with Gasteiger partial charge < -0.3 is 5.32 Å². The molecule has 0 saturated carbocycles. The molecule has 0 radical (unpaired) electrons. The molecule has 1 aromatic heterocycles. The molecular formula is C9H16N4O. The molecule has 5 nitrogen and oxygen atoms in total. The summed E-state index contributed by atoms with van der Waals surface area (Å²) in [6, 6.07) is 0.562. The van der Waals surface area contributed by atoms with Gasteiger partial charge in [0, 0.05) is 6.04 Å². The van der Waals surface area contributed by atoms with Crippen LogP contribution in [0.25, 0.3) is 0 Å².